The van der Waals surface area contributed by atoms with Crippen LogP contribution in [0.3, 0.4) is 0 Å². The molecule has 5 nitrogen and oxygen atoms in total. The summed E-state index contributed by atoms with van der Waals surface area (Å²) in [5.74, 6) is -1.15. The van der Waals surface area contributed by atoms with Gasteiger partial charge in [0, 0.05) is 18.4 Å². The Morgan fingerprint density at radius 3 is 2.12 bits per heavy atom. The average Bonchev–Trinajstić information content (AvgIpc) is 3.25. The number of methoxy groups -OCH3 is 1. The monoisotopic (exact) mass is 455 g/mol. The highest BCUT2D eigenvalue weighted by Crippen LogP contribution is 2.31. The number of rotatable bonds is 5. The molecule has 0 atom stereocenters. The van der Waals surface area contributed by atoms with Crippen LogP contribution in [0.5, 0.6) is 0 Å². The van der Waals surface area contributed by atoms with E-state index in [0.717, 1.165) is 11.3 Å². The molecular formula is C26H30ClNO4. The molecule has 2 aromatic rings. The predicted molar refractivity (Wildman–Crippen MR) is 131 cm³/mol. The van der Waals surface area contributed by atoms with Gasteiger partial charge in [0.05, 0.1) is 18.2 Å². The fourth-order valence-electron chi connectivity index (χ4n) is 2.95. The van der Waals surface area contributed by atoms with Crippen LogP contribution in [-0.4, -0.2) is 30.6 Å². The number of nitrogens with zero attached hydrogens (tertiary/aromatic N) is 1. The lowest BCUT2D eigenvalue weighted by molar-refractivity contribution is -0.128. The SMILES string of the molecule is C/C=C\C.CC.COC(=O)c1ccc2c(c1)CCN2/C=C(/C(=O)C(=O)Cl)c1ccccc1. The molecule has 0 fully saturated rings. The lowest BCUT2D eigenvalue weighted by Crippen LogP contribution is -2.17. The van der Waals surface area contributed by atoms with E-state index in [4.69, 9.17) is 16.3 Å². The minimum atomic E-state index is -1.03. The number of Topliss-reactive ketones (excluding diaryl/α,β-unsaturated/α-hetero) is 1. The lowest BCUT2D eigenvalue weighted by Gasteiger charge is -2.17. The van der Waals surface area contributed by atoms with Crippen molar-refractivity contribution >= 4 is 39.9 Å². The van der Waals surface area contributed by atoms with Crippen LogP contribution < -0.4 is 4.90 Å². The molecule has 2 aromatic carbocycles. The normalized spacial score (nSPS) is 12.2. The molecule has 0 saturated carbocycles. The van der Waals surface area contributed by atoms with E-state index in [1.165, 1.54) is 7.11 Å². The number of hydrogen-bond acceptors (Lipinski definition) is 5. The average molecular weight is 456 g/mol. The van der Waals surface area contributed by atoms with Crippen LogP contribution in [-0.2, 0) is 20.7 Å². The highest BCUT2D eigenvalue weighted by atomic mass is 35.5. The van der Waals surface area contributed by atoms with E-state index >= 15 is 0 Å². The Hall–Kier alpha value is -3.18. The van der Waals surface area contributed by atoms with Crippen LogP contribution in [0.1, 0.15) is 49.2 Å². The molecule has 0 saturated heterocycles. The van der Waals surface area contributed by atoms with Crippen LogP contribution in [0.25, 0.3) is 5.57 Å². The Labute approximate surface area is 195 Å². The molecule has 32 heavy (non-hydrogen) atoms. The first-order chi connectivity index (χ1) is 15.4. The van der Waals surface area contributed by atoms with Crippen molar-refractivity contribution in [1.29, 1.82) is 0 Å². The summed E-state index contributed by atoms with van der Waals surface area (Å²) in [5, 5.41) is -1.03. The third-order valence-electron chi connectivity index (χ3n) is 4.56. The van der Waals surface area contributed by atoms with Crippen LogP contribution in [0.15, 0.2) is 66.9 Å². The summed E-state index contributed by atoms with van der Waals surface area (Å²) in [6.45, 7) is 8.63. The molecule has 0 radical (unpaired) electrons. The highest BCUT2D eigenvalue weighted by molar-refractivity contribution is 6.86. The molecule has 0 N–H and O–H groups in total. The Balaban J connectivity index is 0.000000769. The maximum Gasteiger partial charge on any atom is 0.337 e. The van der Waals surface area contributed by atoms with Crippen molar-refractivity contribution in [2.24, 2.45) is 0 Å². The van der Waals surface area contributed by atoms with Gasteiger partial charge in [-0.05, 0) is 61.2 Å². The predicted octanol–water partition coefficient (Wildman–Crippen LogP) is 5.82. The third-order valence-corrected chi connectivity index (χ3v) is 4.73. The van der Waals surface area contributed by atoms with Gasteiger partial charge >= 0.3 is 5.97 Å². The van der Waals surface area contributed by atoms with Crippen LogP contribution in [0.2, 0.25) is 0 Å². The number of ketones is 1. The number of esters is 1. The number of fused-ring (bicyclic) bond motifs is 1. The summed E-state index contributed by atoms with van der Waals surface area (Å²) >= 11 is 5.43. The van der Waals surface area contributed by atoms with Gasteiger partial charge in [-0.15, -0.1) is 0 Å². The zero-order valence-corrected chi connectivity index (χ0v) is 20.0. The van der Waals surface area contributed by atoms with E-state index in [1.54, 1.807) is 48.7 Å². The van der Waals surface area contributed by atoms with Gasteiger partial charge in [-0.2, -0.15) is 0 Å². The van der Waals surface area contributed by atoms with E-state index in [0.29, 0.717) is 24.1 Å². The first-order valence-electron chi connectivity index (χ1n) is 10.5. The summed E-state index contributed by atoms with van der Waals surface area (Å²) in [5.41, 5.74) is 3.18. The van der Waals surface area contributed by atoms with Crippen molar-refractivity contribution in [1.82, 2.24) is 0 Å². The van der Waals surface area contributed by atoms with Crippen LogP contribution in [0.4, 0.5) is 5.69 Å². The topological polar surface area (TPSA) is 63.7 Å². The van der Waals surface area contributed by atoms with Crippen LogP contribution in [0, 0.1) is 0 Å². The molecule has 0 aliphatic carbocycles. The van der Waals surface area contributed by atoms with Crippen molar-refractivity contribution in [3.63, 3.8) is 0 Å². The Morgan fingerprint density at radius 2 is 1.59 bits per heavy atom. The maximum atomic E-state index is 12.3. The van der Waals surface area contributed by atoms with E-state index in [9.17, 15) is 14.4 Å². The molecule has 0 bridgehead atoms. The number of carbonyl (C=O) groups excluding carboxylic acids is 3. The number of allylic oxidation sites excluding steroid dienone is 3. The zero-order valence-electron chi connectivity index (χ0n) is 19.2. The molecule has 3 rings (SSSR count). The molecule has 0 unspecified atom stereocenters. The molecule has 6 heteroatoms. The maximum absolute atomic E-state index is 12.3. The third kappa shape index (κ3) is 7.20. The van der Waals surface area contributed by atoms with Gasteiger partial charge in [-0.25, -0.2) is 4.79 Å². The number of benzene rings is 2. The Morgan fingerprint density at radius 1 is 0.969 bits per heavy atom. The second-order valence-corrected chi connectivity index (χ2v) is 6.80. The fourth-order valence-corrected chi connectivity index (χ4v) is 3.05. The number of anilines is 1. The number of hydrogen-bond donors (Lipinski definition) is 0. The molecule has 1 aliphatic heterocycles. The minimum Gasteiger partial charge on any atom is -0.465 e. The second kappa shape index (κ2) is 14.0. The summed E-state index contributed by atoms with van der Waals surface area (Å²) < 4.78 is 4.74. The largest absolute Gasteiger partial charge is 0.465 e. The van der Waals surface area contributed by atoms with Gasteiger partial charge in [0.15, 0.2) is 0 Å². The van der Waals surface area contributed by atoms with Gasteiger partial charge in [-0.3, -0.25) is 9.59 Å². The Bertz CT molecular complexity index is 977. The Kier molecular flexibility index (Phi) is 11.7. The summed E-state index contributed by atoms with van der Waals surface area (Å²) in [6.07, 6.45) is 6.35. The summed E-state index contributed by atoms with van der Waals surface area (Å²) in [6, 6.07) is 14.2. The molecule has 0 amide bonds. The van der Waals surface area contributed by atoms with Gasteiger partial charge in [0.25, 0.3) is 5.24 Å². The van der Waals surface area contributed by atoms with Crippen molar-refractivity contribution in [3.05, 3.63) is 83.6 Å². The molecule has 0 spiro atoms. The van der Waals surface area contributed by atoms with Gasteiger partial charge in [0.1, 0.15) is 0 Å². The van der Waals surface area contributed by atoms with E-state index < -0.39 is 17.0 Å². The number of halogens is 1. The number of carbonyl (C=O) groups is 3. The quantitative estimate of drug-likeness (QED) is 0.187. The van der Waals surface area contributed by atoms with Gasteiger partial charge < -0.3 is 9.64 Å². The van der Waals surface area contributed by atoms with Crippen molar-refractivity contribution in [2.45, 2.75) is 34.1 Å². The summed E-state index contributed by atoms with van der Waals surface area (Å²) in [7, 11) is 1.34. The van der Waals surface area contributed by atoms with Crippen LogP contribution >= 0.6 is 11.6 Å². The van der Waals surface area contributed by atoms with Gasteiger partial charge in [0.2, 0.25) is 5.78 Å². The van der Waals surface area contributed by atoms with Crippen molar-refractivity contribution in [2.75, 3.05) is 18.6 Å². The standard InChI is InChI=1S/C20H16ClNO4.C4H8.C2H6/c1-26-20(25)15-7-8-17-14(11-15)9-10-22(17)12-16(18(23)19(21)24)13-5-3-2-4-6-13;1-3-4-2;1-2/h2-8,11-12H,9-10H2,1H3;3-4H,1-2H3;1-2H3/b16-12+;4-3-;. The first-order valence-corrected chi connectivity index (χ1v) is 10.9. The number of ether oxygens (including phenoxy) is 1. The van der Waals surface area contributed by atoms with Crippen molar-refractivity contribution in [3.8, 4) is 0 Å². The van der Waals surface area contributed by atoms with Crippen molar-refractivity contribution < 1.29 is 19.1 Å². The molecule has 0 aromatic heterocycles. The highest BCUT2D eigenvalue weighted by Gasteiger charge is 2.24. The smallest absolute Gasteiger partial charge is 0.337 e. The molecule has 170 valence electrons. The fraction of sp³-hybridized carbons (Fsp3) is 0.269. The lowest BCUT2D eigenvalue weighted by atomic mass is 10.0. The first kappa shape index (κ1) is 26.9. The summed E-state index contributed by atoms with van der Waals surface area (Å²) in [4.78, 5) is 37.3. The second-order valence-electron chi connectivity index (χ2n) is 6.46. The van der Waals surface area contributed by atoms with Gasteiger partial charge in [-0.1, -0.05) is 56.3 Å². The molecular weight excluding hydrogens is 426 g/mol. The van der Waals surface area contributed by atoms with E-state index in [-0.39, 0.29) is 5.57 Å². The van der Waals surface area contributed by atoms with E-state index in [2.05, 4.69) is 0 Å². The van der Waals surface area contributed by atoms with E-state index in [1.807, 2.05) is 50.8 Å². The molecule has 1 heterocycles. The molecule has 1 aliphatic rings. The zero-order chi connectivity index (χ0) is 24.1. The minimum absolute atomic E-state index is 0.232.